The normalized spacial score (nSPS) is 19.8. The van der Waals surface area contributed by atoms with Gasteiger partial charge < -0.3 is 19.2 Å². The molecule has 0 spiro atoms. The summed E-state index contributed by atoms with van der Waals surface area (Å²) in [4.78, 5) is 18.8. The molecule has 2 unspecified atom stereocenters. The van der Waals surface area contributed by atoms with Gasteiger partial charge in [0.05, 0.1) is 18.2 Å². The lowest BCUT2D eigenvalue weighted by atomic mass is 10.0. The molecule has 35 heavy (non-hydrogen) atoms. The molecule has 1 aromatic heterocycles. The zero-order chi connectivity index (χ0) is 24.6. The minimum atomic E-state index is -4.47. The number of alkyl halides is 3. The number of nitrogens with zero attached hydrogens (tertiary/aromatic N) is 4. The van der Waals surface area contributed by atoms with Gasteiger partial charge in [-0.2, -0.15) is 18.2 Å². The summed E-state index contributed by atoms with van der Waals surface area (Å²) >= 11 is 0. The van der Waals surface area contributed by atoms with Gasteiger partial charge in [0.2, 0.25) is 11.7 Å². The Balaban J connectivity index is 1.25. The molecule has 1 N–H and O–H groups in total. The van der Waals surface area contributed by atoms with Gasteiger partial charge >= 0.3 is 6.18 Å². The van der Waals surface area contributed by atoms with Gasteiger partial charge in [0.15, 0.2) is 0 Å². The lowest BCUT2D eigenvalue weighted by Gasteiger charge is -2.30. The molecule has 11 heteroatoms. The van der Waals surface area contributed by atoms with Gasteiger partial charge in [-0.25, -0.2) is 5.43 Å². The van der Waals surface area contributed by atoms with Crippen molar-refractivity contribution in [2.45, 2.75) is 38.1 Å². The molecule has 2 aromatic carbocycles. The molecule has 0 saturated carbocycles. The van der Waals surface area contributed by atoms with Crippen LogP contribution in [0.25, 0.3) is 11.4 Å². The first-order chi connectivity index (χ1) is 16.8. The van der Waals surface area contributed by atoms with Crippen molar-refractivity contribution in [2.75, 3.05) is 6.61 Å². The number of nitrogens with one attached hydrogen (secondary N) is 1. The van der Waals surface area contributed by atoms with Crippen LogP contribution in [-0.4, -0.2) is 38.6 Å². The quantitative estimate of drug-likeness (QED) is 0.558. The summed E-state index contributed by atoms with van der Waals surface area (Å²) in [5.41, 5.74) is 3.75. The summed E-state index contributed by atoms with van der Waals surface area (Å²) in [6.45, 7) is 2.53. The van der Waals surface area contributed by atoms with Gasteiger partial charge in [-0.1, -0.05) is 29.4 Å². The Morgan fingerprint density at radius 1 is 1.17 bits per heavy atom. The average molecular weight is 485 g/mol. The van der Waals surface area contributed by atoms with Gasteiger partial charge in [-0.15, -0.1) is 0 Å². The zero-order valence-electron chi connectivity index (χ0n) is 18.7. The van der Waals surface area contributed by atoms with Crippen molar-refractivity contribution in [3.05, 3.63) is 77.9 Å². The Hall–Kier alpha value is -3.86. The SMILES string of the molecule is CCOc1ccc(C2CC3C(=O)N(Cc4nc(-c5cccc(C(F)(F)F)c5)no4)C=CN3N2)cc1. The van der Waals surface area contributed by atoms with E-state index in [-0.39, 0.29) is 35.8 Å². The monoisotopic (exact) mass is 485 g/mol. The fourth-order valence-corrected chi connectivity index (χ4v) is 4.16. The minimum Gasteiger partial charge on any atom is -0.494 e. The maximum absolute atomic E-state index is 13.1. The van der Waals surface area contributed by atoms with E-state index in [9.17, 15) is 18.0 Å². The number of hydrogen-bond acceptors (Lipinski definition) is 7. The Labute approximate surface area is 198 Å². The summed E-state index contributed by atoms with van der Waals surface area (Å²) in [6, 6.07) is 12.0. The van der Waals surface area contributed by atoms with Crippen LogP contribution < -0.4 is 10.2 Å². The number of halogens is 3. The molecule has 182 valence electrons. The van der Waals surface area contributed by atoms with E-state index in [4.69, 9.17) is 9.26 Å². The number of rotatable bonds is 6. The zero-order valence-corrected chi connectivity index (χ0v) is 18.7. The first kappa shape index (κ1) is 22.9. The van der Waals surface area contributed by atoms with Crippen LogP contribution in [0.3, 0.4) is 0 Å². The second-order valence-electron chi connectivity index (χ2n) is 8.20. The largest absolute Gasteiger partial charge is 0.494 e. The van der Waals surface area contributed by atoms with Crippen LogP contribution >= 0.6 is 0 Å². The highest BCUT2D eigenvalue weighted by atomic mass is 19.4. The molecule has 0 aliphatic carbocycles. The van der Waals surface area contributed by atoms with Crippen molar-refractivity contribution in [1.29, 1.82) is 0 Å². The van der Waals surface area contributed by atoms with E-state index in [1.165, 1.54) is 17.0 Å². The summed E-state index contributed by atoms with van der Waals surface area (Å²) in [5, 5.41) is 5.57. The highest BCUT2D eigenvalue weighted by molar-refractivity contribution is 5.84. The van der Waals surface area contributed by atoms with Crippen LogP contribution in [0.2, 0.25) is 0 Å². The fraction of sp³-hybridized carbons (Fsp3) is 0.292. The van der Waals surface area contributed by atoms with Crippen LogP contribution in [0.5, 0.6) is 5.75 Å². The van der Waals surface area contributed by atoms with Crippen molar-refractivity contribution >= 4 is 5.91 Å². The summed E-state index contributed by atoms with van der Waals surface area (Å²) in [6.07, 6.45) is -0.532. The Kier molecular flexibility index (Phi) is 5.93. The van der Waals surface area contributed by atoms with Crippen molar-refractivity contribution < 1.29 is 27.2 Å². The van der Waals surface area contributed by atoms with Crippen LogP contribution in [0, 0.1) is 0 Å². The summed E-state index contributed by atoms with van der Waals surface area (Å²) < 4.78 is 49.7. The summed E-state index contributed by atoms with van der Waals surface area (Å²) in [5.74, 6) is 0.794. The van der Waals surface area contributed by atoms with Crippen molar-refractivity contribution in [2.24, 2.45) is 0 Å². The van der Waals surface area contributed by atoms with Crippen molar-refractivity contribution in [1.82, 2.24) is 25.5 Å². The van der Waals surface area contributed by atoms with Gasteiger partial charge in [0.1, 0.15) is 18.3 Å². The van der Waals surface area contributed by atoms with Crippen LogP contribution in [0.1, 0.15) is 36.4 Å². The molecule has 0 bridgehead atoms. The molecule has 8 nitrogen and oxygen atoms in total. The maximum atomic E-state index is 13.1. The molecule has 1 amide bonds. The standard InChI is InChI=1S/C24H22F3N5O3/c1-2-34-18-8-6-15(7-9-18)19-13-20-23(33)31(10-11-32(20)29-19)14-21-28-22(30-35-21)16-4-3-5-17(12-16)24(25,26)27/h3-12,19-20,29H,2,13-14H2,1H3. The van der Waals surface area contributed by atoms with Crippen molar-refractivity contribution in [3.63, 3.8) is 0 Å². The number of amides is 1. The summed E-state index contributed by atoms with van der Waals surface area (Å²) in [7, 11) is 0. The number of carbonyl (C=O) groups is 1. The predicted molar refractivity (Wildman–Crippen MR) is 118 cm³/mol. The number of aromatic nitrogens is 2. The van der Waals surface area contributed by atoms with Crippen LogP contribution in [0.4, 0.5) is 13.2 Å². The highest BCUT2D eigenvalue weighted by Crippen LogP contribution is 2.33. The molecular formula is C24H22F3N5O3. The van der Waals surface area contributed by atoms with E-state index in [0.29, 0.717) is 13.0 Å². The molecule has 2 aliphatic heterocycles. The highest BCUT2D eigenvalue weighted by Gasteiger charge is 2.40. The molecule has 3 aromatic rings. The van der Waals surface area contributed by atoms with Gasteiger partial charge in [-0.3, -0.25) is 4.79 Å². The van der Waals surface area contributed by atoms with Crippen molar-refractivity contribution in [3.8, 4) is 17.1 Å². The van der Waals surface area contributed by atoms with Gasteiger partial charge in [0.25, 0.3) is 5.91 Å². The van der Waals surface area contributed by atoms with E-state index in [0.717, 1.165) is 23.4 Å². The smallest absolute Gasteiger partial charge is 0.416 e. The molecule has 2 aliphatic rings. The predicted octanol–water partition coefficient (Wildman–Crippen LogP) is 4.29. The fourth-order valence-electron chi connectivity index (χ4n) is 4.16. The molecule has 0 radical (unpaired) electrons. The Morgan fingerprint density at radius 2 is 1.97 bits per heavy atom. The first-order valence-electron chi connectivity index (χ1n) is 11.1. The number of benzene rings is 2. The van der Waals surface area contributed by atoms with E-state index >= 15 is 0 Å². The average Bonchev–Trinajstić information content (AvgIpc) is 3.49. The van der Waals surface area contributed by atoms with Gasteiger partial charge in [0, 0.05) is 18.0 Å². The second-order valence-corrected chi connectivity index (χ2v) is 8.20. The maximum Gasteiger partial charge on any atom is 0.416 e. The van der Waals surface area contributed by atoms with Crippen LogP contribution in [-0.2, 0) is 17.5 Å². The topological polar surface area (TPSA) is 83.7 Å². The lowest BCUT2D eigenvalue weighted by Crippen LogP contribution is -2.47. The van der Waals surface area contributed by atoms with E-state index in [1.54, 1.807) is 17.4 Å². The Bertz CT molecular complexity index is 1240. The number of fused-ring (bicyclic) bond motifs is 1. The first-order valence-corrected chi connectivity index (χ1v) is 11.1. The third-order valence-electron chi connectivity index (χ3n) is 5.89. The minimum absolute atomic E-state index is 0.0132. The third kappa shape index (κ3) is 4.72. The number of hydrazine groups is 1. The molecule has 1 fully saturated rings. The Morgan fingerprint density at radius 3 is 2.71 bits per heavy atom. The lowest BCUT2D eigenvalue weighted by molar-refractivity contribution is -0.137. The number of carbonyl (C=O) groups excluding carboxylic acids is 1. The van der Waals surface area contributed by atoms with E-state index < -0.39 is 17.8 Å². The molecule has 3 heterocycles. The van der Waals surface area contributed by atoms with E-state index in [2.05, 4.69) is 15.6 Å². The molecule has 5 rings (SSSR count). The van der Waals surface area contributed by atoms with Crippen LogP contribution in [0.15, 0.2) is 65.5 Å². The van der Waals surface area contributed by atoms with Gasteiger partial charge in [-0.05, 0) is 43.2 Å². The second kappa shape index (κ2) is 9.06. The third-order valence-corrected chi connectivity index (χ3v) is 5.89. The molecule has 1 saturated heterocycles. The number of ether oxygens (including phenoxy) is 1. The molecule has 2 atom stereocenters. The molecular weight excluding hydrogens is 463 g/mol. The van der Waals surface area contributed by atoms with E-state index in [1.807, 2.05) is 31.2 Å². The number of hydrogen-bond donors (Lipinski definition) is 1.